The van der Waals surface area contributed by atoms with E-state index < -0.39 is 5.41 Å². The molecule has 0 radical (unpaired) electrons. The van der Waals surface area contributed by atoms with Crippen molar-refractivity contribution in [3.8, 4) is 0 Å². The van der Waals surface area contributed by atoms with Gasteiger partial charge in [0, 0.05) is 61.4 Å². The van der Waals surface area contributed by atoms with Crippen molar-refractivity contribution in [2.45, 2.75) is 53.6 Å². The first kappa shape index (κ1) is 26.3. The summed E-state index contributed by atoms with van der Waals surface area (Å²) in [7, 11) is 4.03. The number of aromatic nitrogens is 1. The molecule has 3 rings (SSSR count). The number of H-pyrrole nitrogens is 1. The zero-order valence-corrected chi connectivity index (χ0v) is 22.3. The van der Waals surface area contributed by atoms with Crippen LogP contribution in [0.4, 0.5) is 5.69 Å². The van der Waals surface area contributed by atoms with E-state index in [9.17, 15) is 9.59 Å². The van der Waals surface area contributed by atoms with Crippen LogP contribution in [0.3, 0.4) is 0 Å². The van der Waals surface area contributed by atoms with Gasteiger partial charge in [0.15, 0.2) is 0 Å². The maximum Gasteiger partial charge on any atom is 0.242 e. The van der Waals surface area contributed by atoms with Crippen LogP contribution in [0.15, 0.2) is 54.7 Å². The molecule has 1 heterocycles. The minimum absolute atomic E-state index is 0.00670. The lowest BCUT2D eigenvalue weighted by molar-refractivity contribution is -0.147. The van der Waals surface area contributed by atoms with Crippen LogP contribution < -0.4 is 4.90 Å². The number of anilines is 1. The normalized spacial score (nSPS) is 11.7. The number of nitrogens with zero attached hydrogens (tertiary/aromatic N) is 3. The number of aromatic amines is 1. The summed E-state index contributed by atoms with van der Waals surface area (Å²) < 4.78 is 0. The van der Waals surface area contributed by atoms with Crippen LogP contribution in [0.25, 0.3) is 10.9 Å². The first-order chi connectivity index (χ1) is 16.5. The van der Waals surface area contributed by atoms with Crippen molar-refractivity contribution in [2.24, 2.45) is 5.41 Å². The van der Waals surface area contributed by atoms with Gasteiger partial charge in [-0.3, -0.25) is 9.59 Å². The van der Waals surface area contributed by atoms with Gasteiger partial charge in [-0.15, -0.1) is 0 Å². The number of para-hydroxylation sites is 1. The maximum atomic E-state index is 13.6. The zero-order chi connectivity index (χ0) is 25.8. The molecule has 0 aliphatic rings. The second kappa shape index (κ2) is 11.0. The number of hydrogen-bond donors (Lipinski definition) is 1. The molecule has 0 bridgehead atoms. The van der Waals surface area contributed by atoms with Crippen LogP contribution >= 0.6 is 0 Å². The summed E-state index contributed by atoms with van der Waals surface area (Å²) in [4.78, 5) is 35.6. The number of hydrogen-bond acceptors (Lipinski definition) is 3. The van der Waals surface area contributed by atoms with Crippen LogP contribution in [0, 0.1) is 5.41 Å². The largest absolute Gasteiger partial charge is 0.378 e. The molecule has 2 amide bonds. The number of benzene rings is 2. The van der Waals surface area contributed by atoms with Crippen molar-refractivity contribution in [2.75, 3.05) is 32.1 Å². The monoisotopic (exact) mass is 476 g/mol. The third-order valence-corrected chi connectivity index (χ3v) is 6.34. The Morgan fingerprint density at radius 2 is 1.63 bits per heavy atom. The third kappa shape index (κ3) is 6.65. The molecule has 188 valence electrons. The predicted molar refractivity (Wildman–Crippen MR) is 144 cm³/mol. The molecule has 0 saturated heterocycles. The Morgan fingerprint density at radius 1 is 0.971 bits per heavy atom. The average molecular weight is 477 g/mol. The van der Waals surface area contributed by atoms with Gasteiger partial charge in [-0.25, -0.2) is 0 Å². The molecule has 0 unspecified atom stereocenters. The smallest absolute Gasteiger partial charge is 0.242 e. The van der Waals surface area contributed by atoms with E-state index in [1.165, 1.54) is 10.9 Å². The molecule has 0 atom stereocenters. The SMILES string of the molecule is CC(C)N(CC(=O)N(CCc1c[nH]c2ccccc12)Cc1ccc(N(C)C)cc1)C(=O)C(C)(C)C. The van der Waals surface area contributed by atoms with E-state index in [2.05, 4.69) is 46.3 Å². The van der Waals surface area contributed by atoms with Crippen LogP contribution in [0.1, 0.15) is 45.7 Å². The predicted octanol–water partition coefficient (Wildman–Crippen LogP) is 5.09. The molecule has 0 saturated carbocycles. The number of amides is 2. The Bertz CT molecular complexity index is 1140. The van der Waals surface area contributed by atoms with E-state index >= 15 is 0 Å². The van der Waals surface area contributed by atoms with Crippen molar-refractivity contribution in [1.82, 2.24) is 14.8 Å². The molecule has 6 heteroatoms. The van der Waals surface area contributed by atoms with Crippen LogP contribution in [0.2, 0.25) is 0 Å². The van der Waals surface area contributed by atoms with Crippen molar-refractivity contribution in [3.05, 3.63) is 65.9 Å². The van der Waals surface area contributed by atoms with E-state index in [0.717, 1.165) is 23.2 Å². The average Bonchev–Trinajstić information content (AvgIpc) is 3.22. The highest BCUT2D eigenvalue weighted by Crippen LogP contribution is 2.22. The van der Waals surface area contributed by atoms with E-state index in [-0.39, 0.29) is 24.4 Å². The molecule has 0 fully saturated rings. The third-order valence-electron chi connectivity index (χ3n) is 6.34. The number of fused-ring (bicyclic) bond motifs is 1. The highest BCUT2D eigenvalue weighted by Gasteiger charge is 2.31. The molecular weight excluding hydrogens is 436 g/mol. The Hall–Kier alpha value is -3.28. The molecule has 0 aliphatic carbocycles. The van der Waals surface area contributed by atoms with Gasteiger partial charge in [0.1, 0.15) is 6.54 Å². The lowest BCUT2D eigenvalue weighted by Crippen LogP contribution is -2.49. The van der Waals surface area contributed by atoms with E-state index in [1.807, 2.05) is 71.9 Å². The maximum absolute atomic E-state index is 13.6. The minimum Gasteiger partial charge on any atom is -0.378 e. The van der Waals surface area contributed by atoms with Gasteiger partial charge < -0.3 is 19.7 Å². The van der Waals surface area contributed by atoms with Gasteiger partial charge in [-0.05, 0) is 49.6 Å². The van der Waals surface area contributed by atoms with Gasteiger partial charge in [-0.1, -0.05) is 51.1 Å². The fraction of sp³-hybridized carbons (Fsp3) is 0.448. The van der Waals surface area contributed by atoms with Crippen molar-refractivity contribution < 1.29 is 9.59 Å². The van der Waals surface area contributed by atoms with E-state index in [0.29, 0.717) is 13.1 Å². The summed E-state index contributed by atoms with van der Waals surface area (Å²) in [6, 6.07) is 16.4. The lowest BCUT2D eigenvalue weighted by atomic mass is 9.94. The summed E-state index contributed by atoms with van der Waals surface area (Å²) >= 11 is 0. The van der Waals surface area contributed by atoms with Crippen molar-refractivity contribution in [1.29, 1.82) is 0 Å². The van der Waals surface area contributed by atoms with Gasteiger partial charge in [0.2, 0.25) is 11.8 Å². The lowest BCUT2D eigenvalue weighted by Gasteiger charge is -2.34. The second-order valence-corrected chi connectivity index (χ2v) is 10.8. The van der Waals surface area contributed by atoms with Gasteiger partial charge in [0.25, 0.3) is 0 Å². The fourth-order valence-electron chi connectivity index (χ4n) is 4.17. The Morgan fingerprint density at radius 3 is 2.23 bits per heavy atom. The molecule has 1 N–H and O–H groups in total. The number of carbonyl (C=O) groups is 2. The van der Waals surface area contributed by atoms with Crippen LogP contribution in [-0.4, -0.2) is 59.8 Å². The fourth-order valence-corrected chi connectivity index (χ4v) is 4.17. The summed E-state index contributed by atoms with van der Waals surface area (Å²) in [5.74, 6) is -0.0411. The molecule has 6 nitrogen and oxygen atoms in total. The molecule has 35 heavy (non-hydrogen) atoms. The number of rotatable bonds is 9. The van der Waals surface area contributed by atoms with Crippen LogP contribution in [0.5, 0.6) is 0 Å². The summed E-state index contributed by atoms with van der Waals surface area (Å²) in [5.41, 5.74) is 3.93. The number of nitrogens with one attached hydrogen (secondary N) is 1. The first-order valence-corrected chi connectivity index (χ1v) is 12.4. The molecule has 2 aromatic carbocycles. The van der Waals surface area contributed by atoms with Gasteiger partial charge >= 0.3 is 0 Å². The van der Waals surface area contributed by atoms with Crippen molar-refractivity contribution in [3.63, 3.8) is 0 Å². The zero-order valence-electron chi connectivity index (χ0n) is 22.3. The first-order valence-electron chi connectivity index (χ1n) is 12.4. The highest BCUT2D eigenvalue weighted by atomic mass is 16.2. The Labute approximate surface area is 209 Å². The minimum atomic E-state index is -0.540. The summed E-state index contributed by atoms with van der Waals surface area (Å²) in [6.45, 7) is 10.8. The van der Waals surface area contributed by atoms with Gasteiger partial charge in [-0.2, -0.15) is 0 Å². The van der Waals surface area contributed by atoms with E-state index in [1.54, 1.807) is 4.90 Å². The summed E-state index contributed by atoms with van der Waals surface area (Å²) in [6.07, 6.45) is 2.77. The van der Waals surface area contributed by atoms with E-state index in [4.69, 9.17) is 0 Å². The molecule has 0 spiro atoms. The Balaban J connectivity index is 1.82. The molecule has 1 aromatic heterocycles. The Kier molecular flexibility index (Phi) is 8.26. The molecular formula is C29H40N4O2. The highest BCUT2D eigenvalue weighted by molar-refractivity contribution is 5.88. The molecule has 3 aromatic rings. The number of carbonyl (C=O) groups excluding carboxylic acids is 2. The molecule has 0 aliphatic heterocycles. The topological polar surface area (TPSA) is 59.7 Å². The standard InChI is InChI=1S/C29H40N4O2/c1-21(2)33(28(35)29(3,4)5)20-27(34)32(19-22-12-14-24(15-13-22)31(6)7)17-16-23-18-30-26-11-9-8-10-25(23)26/h8-15,18,21,30H,16-17,19-20H2,1-7H3. The van der Waals surface area contributed by atoms with Crippen LogP contribution in [-0.2, 0) is 22.6 Å². The summed E-state index contributed by atoms with van der Waals surface area (Å²) in [5, 5.41) is 1.18. The van der Waals surface area contributed by atoms with Gasteiger partial charge in [0.05, 0.1) is 0 Å². The quantitative estimate of drug-likeness (QED) is 0.468. The van der Waals surface area contributed by atoms with Crippen molar-refractivity contribution >= 4 is 28.4 Å². The second-order valence-electron chi connectivity index (χ2n) is 10.8.